The predicted octanol–water partition coefficient (Wildman–Crippen LogP) is 3.18. The van der Waals surface area contributed by atoms with Gasteiger partial charge in [-0.1, -0.05) is 31.9 Å². The number of nitrogens with zero attached hydrogens (tertiary/aromatic N) is 2. The van der Waals surface area contributed by atoms with E-state index in [0.717, 1.165) is 48.6 Å². The monoisotopic (exact) mass is 257 g/mol. The first-order valence-electron chi connectivity index (χ1n) is 6.48. The summed E-state index contributed by atoms with van der Waals surface area (Å²) in [6.45, 7) is 9.25. The van der Waals surface area contributed by atoms with Crippen LogP contribution in [-0.2, 0) is 19.4 Å². The van der Waals surface area contributed by atoms with Crippen molar-refractivity contribution in [1.82, 2.24) is 9.78 Å². The second kappa shape index (κ2) is 5.87. The molecule has 0 aliphatic heterocycles. The van der Waals surface area contributed by atoms with Crippen LogP contribution in [-0.4, -0.2) is 15.3 Å². The van der Waals surface area contributed by atoms with E-state index in [4.69, 9.17) is 17.3 Å². The summed E-state index contributed by atoms with van der Waals surface area (Å²) in [4.78, 5) is 0. The van der Waals surface area contributed by atoms with Gasteiger partial charge in [0, 0.05) is 18.5 Å². The topological polar surface area (TPSA) is 43.8 Å². The van der Waals surface area contributed by atoms with Gasteiger partial charge in [0.25, 0.3) is 0 Å². The Morgan fingerprint density at radius 3 is 2.47 bits per heavy atom. The molecule has 98 valence electrons. The van der Waals surface area contributed by atoms with E-state index in [2.05, 4.69) is 32.8 Å². The van der Waals surface area contributed by atoms with E-state index >= 15 is 0 Å². The Kier molecular flexibility index (Phi) is 5.02. The molecule has 0 spiro atoms. The van der Waals surface area contributed by atoms with E-state index in [1.165, 1.54) is 0 Å². The molecule has 3 nitrogen and oxygen atoms in total. The molecule has 1 rings (SSSR count). The molecule has 0 aromatic carbocycles. The zero-order valence-electron chi connectivity index (χ0n) is 11.4. The smallest absolute Gasteiger partial charge is 0.0850 e. The maximum Gasteiger partial charge on any atom is 0.0850 e. The van der Waals surface area contributed by atoms with E-state index < -0.39 is 0 Å². The van der Waals surface area contributed by atoms with Crippen LogP contribution in [0.5, 0.6) is 0 Å². The Labute approximate surface area is 109 Å². The minimum Gasteiger partial charge on any atom is -0.325 e. The van der Waals surface area contributed by atoms with Crippen LogP contribution in [0.15, 0.2) is 0 Å². The highest BCUT2D eigenvalue weighted by Gasteiger charge is 2.23. The fraction of sp³-hybridized carbons (Fsp3) is 0.769. The summed E-state index contributed by atoms with van der Waals surface area (Å²) in [5, 5.41) is 5.33. The maximum atomic E-state index is 6.38. The number of nitrogens with two attached hydrogens (primary N) is 1. The van der Waals surface area contributed by atoms with E-state index in [-0.39, 0.29) is 5.54 Å². The first-order chi connectivity index (χ1) is 7.95. The molecule has 1 unspecified atom stereocenters. The minimum absolute atomic E-state index is 0.198. The molecule has 0 fully saturated rings. The number of aromatic nitrogens is 2. The zero-order valence-corrected chi connectivity index (χ0v) is 12.1. The maximum absolute atomic E-state index is 6.38. The molecule has 4 heteroatoms. The fourth-order valence-corrected chi connectivity index (χ4v) is 2.56. The van der Waals surface area contributed by atoms with Crippen molar-refractivity contribution in [1.29, 1.82) is 0 Å². The molecule has 0 aliphatic rings. The van der Waals surface area contributed by atoms with Crippen molar-refractivity contribution >= 4 is 11.6 Å². The highest BCUT2D eigenvalue weighted by atomic mass is 35.5. The number of hydrogen-bond donors (Lipinski definition) is 1. The summed E-state index contributed by atoms with van der Waals surface area (Å²) in [7, 11) is 0. The second-order valence-corrected chi connectivity index (χ2v) is 5.34. The van der Waals surface area contributed by atoms with Crippen LogP contribution >= 0.6 is 11.6 Å². The standard InChI is InChI=1S/C13H24ClN3/c1-5-8-13(4,15)9-11-12(14)10(6-2)16-17(11)7-3/h5-9,15H2,1-4H3. The summed E-state index contributed by atoms with van der Waals surface area (Å²) in [6.07, 6.45) is 3.75. The molecule has 2 N–H and O–H groups in total. The van der Waals surface area contributed by atoms with Gasteiger partial charge in [0.05, 0.1) is 16.4 Å². The van der Waals surface area contributed by atoms with Crippen LogP contribution in [0.1, 0.15) is 51.9 Å². The Morgan fingerprint density at radius 2 is 2.00 bits per heavy atom. The predicted molar refractivity (Wildman–Crippen MR) is 73.5 cm³/mol. The SMILES string of the molecule is CCCC(C)(N)Cc1c(Cl)c(CC)nn1CC. The third kappa shape index (κ3) is 3.46. The number of halogens is 1. The molecule has 0 amide bonds. The Balaban J connectivity index is 3.00. The van der Waals surface area contributed by atoms with Crippen molar-refractivity contribution < 1.29 is 0 Å². The van der Waals surface area contributed by atoms with Crippen molar-refractivity contribution in [2.24, 2.45) is 5.73 Å². The van der Waals surface area contributed by atoms with Crippen molar-refractivity contribution in [3.8, 4) is 0 Å². The van der Waals surface area contributed by atoms with Crippen LogP contribution in [0.25, 0.3) is 0 Å². The number of hydrogen-bond acceptors (Lipinski definition) is 2. The number of aryl methyl sites for hydroxylation is 2. The largest absolute Gasteiger partial charge is 0.325 e. The molecular weight excluding hydrogens is 234 g/mol. The summed E-state index contributed by atoms with van der Waals surface area (Å²) >= 11 is 6.38. The Morgan fingerprint density at radius 1 is 1.35 bits per heavy atom. The van der Waals surface area contributed by atoms with Crippen molar-refractivity contribution in [3.05, 3.63) is 16.4 Å². The fourth-order valence-electron chi connectivity index (χ4n) is 2.23. The first kappa shape index (κ1) is 14.5. The third-order valence-electron chi connectivity index (χ3n) is 3.09. The molecule has 0 radical (unpaired) electrons. The lowest BCUT2D eigenvalue weighted by molar-refractivity contribution is 0.409. The van der Waals surface area contributed by atoms with E-state index in [1.807, 2.05) is 4.68 Å². The molecule has 0 aliphatic carbocycles. The lowest BCUT2D eigenvalue weighted by Crippen LogP contribution is -2.39. The molecule has 0 saturated heterocycles. The molecule has 0 saturated carbocycles. The average Bonchev–Trinajstić information content (AvgIpc) is 2.55. The van der Waals surface area contributed by atoms with Crippen LogP contribution in [0.2, 0.25) is 5.02 Å². The van der Waals surface area contributed by atoms with Crippen LogP contribution in [0.4, 0.5) is 0 Å². The van der Waals surface area contributed by atoms with Gasteiger partial charge in [-0.25, -0.2) is 0 Å². The molecule has 0 bridgehead atoms. The van der Waals surface area contributed by atoms with E-state index in [1.54, 1.807) is 0 Å². The van der Waals surface area contributed by atoms with Crippen LogP contribution < -0.4 is 5.73 Å². The lowest BCUT2D eigenvalue weighted by atomic mass is 9.91. The van der Waals surface area contributed by atoms with E-state index in [9.17, 15) is 0 Å². The Bertz CT molecular complexity index is 369. The quantitative estimate of drug-likeness (QED) is 0.851. The lowest BCUT2D eigenvalue weighted by Gasteiger charge is -2.24. The highest BCUT2D eigenvalue weighted by molar-refractivity contribution is 6.31. The van der Waals surface area contributed by atoms with Gasteiger partial charge >= 0.3 is 0 Å². The van der Waals surface area contributed by atoms with Gasteiger partial charge in [0.1, 0.15) is 0 Å². The third-order valence-corrected chi connectivity index (χ3v) is 3.52. The molecule has 1 heterocycles. The van der Waals surface area contributed by atoms with Gasteiger partial charge in [-0.3, -0.25) is 4.68 Å². The van der Waals surface area contributed by atoms with Crippen LogP contribution in [0, 0.1) is 0 Å². The molecule has 1 atom stereocenters. The van der Waals surface area contributed by atoms with Crippen molar-refractivity contribution in [2.45, 2.75) is 65.5 Å². The minimum atomic E-state index is -0.198. The second-order valence-electron chi connectivity index (χ2n) is 4.96. The van der Waals surface area contributed by atoms with Crippen molar-refractivity contribution in [2.75, 3.05) is 0 Å². The summed E-state index contributed by atoms with van der Waals surface area (Å²) in [5.74, 6) is 0. The van der Waals surface area contributed by atoms with Gasteiger partial charge in [0.2, 0.25) is 0 Å². The van der Waals surface area contributed by atoms with E-state index in [0.29, 0.717) is 0 Å². The summed E-state index contributed by atoms with van der Waals surface area (Å²) in [6, 6.07) is 0. The average molecular weight is 258 g/mol. The Hall–Kier alpha value is -0.540. The highest BCUT2D eigenvalue weighted by Crippen LogP contribution is 2.26. The normalized spacial score (nSPS) is 14.9. The first-order valence-corrected chi connectivity index (χ1v) is 6.85. The van der Waals surface area contributed by atoms with Gasteiger partial charge < -0.3 is 5.73 Å². The molecular formula is C13H24ClN3. The van der Waals surface area contributed by atoms with Crippen LogP contribution in [0.3, 0.4) is 0 Å². The van der Waals surface area contributed by atoms with Crippen molar-refractivity contribution in [3.63, 3.8) is 0 Å². The van der Waals surface area contributed by atoms with Gasteiger partial charge in [0.15, 0.2) is 0 Å². The summed E-state index contributed by atoms with van der Waals surface area (Å²) in [5.41, 5.74) is 8.17. The molecule has 1 aromatic rings. The van der Waals surface area contributed by atoms with Gasteiger partial charge in [-0.2, -0.15) is 5.10 Å². The summed E-state index contributed by atoms with van der Waals surface area (Å²) < 4.78 is 1.99. The molecule has 17 heavy (non-hydrogen) atoms. The van der Waals surface area contributed by atoms with Gasteiger partial charge in [-0.05, 0) is 26.7 Å². The van der Waals surface area contributed by atoms with Gasteiger partial charge in [-0.15, -0.1) is 0 Å². The molecule has 1 aromatic heterocycles. The number of rotatable bonds is 6. The zero-order chi connectivity index (χ0) is 13.1.